The van der Waals surface area contributed by atoms with Crippen molar-refractivity contribution in [1.29, 1.82) is 5.26 Å². The van der Waals surface area contributed by atoms with Crippen molar-refractivity contribution in [3.05, 3.63) is 29.6 Å². The van der Waals surface area contributed by atoms with Crippen LogP contribution in [0, 0.1) is 34.7 Å². The SMILES string of the molecule is N#CC(CNc1c(F)cc(F)cc1F)C(F)(F)F. The molecule has 8 heteroatoms. The molecule has 0 spiro atoms. The average molecular weight is 268 g/mol. The first-order valence-corrected chi connectivity index (χ1v) is 4.60. The molecule has 0 bridgehead atoms. The van der Waals surface area contributed by atoms with Crippen LogP contribution in [0.15, 0.2) is 12.1 Å². The Bertz CT molecular complexity index is 453. The van der Waals surface area contributed by atoms with Crippen molar-refractivity contribution < 1.29 is 26.3 Å². The largest absolute Gasteiger partial charge is 0.406 e. The van der Waals surface area contributed by atoms with E-state index in [1.54, 1.807) is 5.32 Å². The normalized spacial score (nSPS) is 12.9. The third-order valence-corrected chi connectivity index (χ3v) is 2.04. The van der Waals surface area contributed by atoms with Gasteiger partial charge >= 0.3 is 6.18 Å². The van der Waals surface area contributed by atoms with Crippen LogP contribution in [-0.4, -0.2) is 12.7 Å². The van der Waals surface area contributed by atoms with Crippen LogP contribution in [0.1, 0.15) is 0 Å². The second kappa shape index (κ2) is 5.16. The first-order chi connectivity index (χ1) is 8.25. The van der Waals surface area contributed by atoms with Crippen molar-refractivity contribution in [2.75, 3.05) is 11.9 Å². The number of rotatable bonds is 3. The van der Waals surface area contributed by atoms with E-state index in [1.165, 1.54) is 0 Å². The number of anilines is 1. The van der Waals surface area contributed by atoms with E-state index in [4.69, 9.17) is 5.26 Å². The second-order valence-electron chi connectivity index (χ2n) is 3.35. The van der Waals surface area contributed by atoms with Crippen molar-refractivity contribution >= 4 is 5.69 Å². The molecule has 0 saturated heterocycles. The maximum absolute atomic E-state index is 13.1. The molecule has 1 aromatic carbocycles. The molecule has 0 amide bonds. The predicted molar refractivity (Wildman–Crippen MR) is 50.0 cm³/mol. The van der Waals surface area contributed by atoms with Crippen LogP contribution in [0.4, 0.5) is 32.0 Å². The average Bonchev–Trinajstić information content (AvgIpc) is 2.19. The Labute approximate surface area is 97.8 Å². The molecule has 0 aliphatic carbocycles. The third kappa shape index (κ3) is 3.29. The fraction of sp³-hybridized carbons (Fsp3) is 0.300. The van der Waals surface area contributed by atoms with Gasteiger partial charge in [0.2, 0.25) is 0 Å². The van der Waals surface area contributed by atoms with Gasteiger partial charge in [-0.25, -0.2) is 13.2 Å². The summed E-state index contributed by atoms with van der Waals surface area (Å²) in [7, 11) is 0. The lowest BCUT2D eigenvalue weighted by molar-refractivity contribution is -0.155. The van der Waals surface area contributed by atoms with Gasteiger partial charge in [-0.2, -0.15) is 18.4 Å². The molecule has 1 unspecified atom stereocenters. The van der Waals surface area contributed by atoms with Crippen molar-refractivity contribution in [1.82, 2.24) is 0 Å². The minimum absolute atomic E-state index is 0.320. The maximum atomic E-state index is 13.1. The highest BCUT2D eigenvalue weighted by molar-refractivity contribution is 5.46. The minimum atomic E-state index is -4.81. The van der Waals surface area contributed by atoms with Crippen LogP contribution < -0.4 is 5.32 Å². The lowest BCUT2D eigenvalue weighted by atomic mass is 10.1. The van der Waals surface area contributed by atoms with E-state index in [1.807, 2.05) is 0 Å². The van der Waals surface area contributed by atoms with Gasteiger partial charge in [0.05, 0.1) is 6.07 Å². The molecule has 1 rings (SSSR count). The molecule has 98 valence electrons. The lowest BCUT2D eigenvalue weighted by Crippen LogP contribution is -2.28. The Morgan fingerprint density at radius 1 is 1.17 bits per heavy atom. The van der Waals surface area contributed by atoms with Gasteiger partial charge in [0.25, 0.3) is 0 Å². The molecule has 0 aliphatic heterocycles. The van der Waals surface area contributed by atoms with Crippen molar-refractivity contribution in [3.63, 3.8) is 0 Å². The highest BCUT2D eigenvalue weighted by Gasteiger charge is 2.39. The van der Waals surface area contributed by atoms with E-state index >= 15 is 0 Å². The van der Waals surface area contributed by atoms with E-state index in [0.29, 0.717) is 12.1 Å². The highest BCUT2D eigenvalue weighted by Crippen LogP contribution is 2.27. The van der Waals surface area contributed by atoms with E-state index in [0.717, 1.165) is 6.07 Å². The topological polar surface area (TPSA) is 35.8 Å². The molecule has 0 aromatic heterocycles. The number of alkyl halides is 3. The van der Waals surface area contributed by atoms with Gasteiger partial charge in [-0.15, -0.1) is 0 Å². The number of hydrogen-bond donors (Lipinski definition) is 1. The molecule has 1 aromatic rings. The number of hydrogen-bond acceptors (Lipinski definition) is 2. The molecule has 2 nitrogen and oxygen atoms in total. The van der Waals surface area contributed by atoms with Gasteiger partial charge in [-0.05, 0) is 0 Å². The Hall–Kier alpha value is -1.91. The third-order valence-electron chi connectivity index (χ3n) is 2.04. The summed E-state index contributed by atoms with van der Waals surface area (Å²) in [5, 5.41) is 10.1. The van der Waals surface area contributed by atoms with Crippen LogP contribution in [0.3, 0.4) is 0 Å². The van der Waals surface area contributed by atoms with Crippen molar-refractivity contribution in [2.24, 2.45) is 5.92 Å². The zero-order valence-electron chi connectivity index (χ0n) is 8.65. The molecule has 0 heterocycles. The van der Waals surface area contributed by atoms with Gasteiger partial charge < -0.3 is 5.32 Å². The number of nitriles is 1. The smallest absolute Gasteiger partial charge is 0.379 e. The first kappa shape index (κ1) is 14.2. The molecule has 1 N–H and O–H groups in total. The standard InChI is InChI=1S/C10H6F6N2/c11-6-1-7(12)9(8(13)2-6)18-4-5(3-17)10(14,15)16/h1-2,5,18H,4H2. The quantitative estimate of drug-likeness (QED) is 0.854. The predicted octanol–water partition coefficient (Wildman–Crippen LogP) is 3.22. The Morgan fingerprint density at radius 2 is 1.67 bits per heavy atom. The number of benzene rings is 1. The van der Waals surface area contributed by atoms with E-state index in [9.17, 15) is 26.3 Å². The van der Waals surface area contributed by atoms with Crippen LogP contribution in [-0.2, 0) is 0 Å². The Balaban J connectivity index is 2.85. The van der Waals surface area contributed by atoms with Gasteiger partial charge in [0.15, 0.2) is 17.6 Å². The molecule has 18 heavy (non-hydrogen) atoms. The summed E-state index contributed by atoms with van der Waals surface area (Å²) in [5.74, 6) is -6.35. The van der Waals surface area contributed by atoms with Gasteiger partial charge in [0.1, 0.15) is 11.5 Å². The first-order valence-electron chi connectivity index (χ1n) is 4.60. The molecule has 0 saturated carbocycles. The zero-order chi connectivity index (χ0) is 13.9. The maximum Gasteiger partial charge on any atom is 0.406 e. The molecule has 0 radical (unpaired) electrons. The monoisotopic (exact) mass is 268 g/mol. The molecular formula is C10H6F6N2. The van der Waals surface area contributed by atoms with Crippen LogP contribution in [0.5, 0.6) is 0 Å². The van der Waals surface area contributed by atoms with E-state index < -0.39 is 41.8 Å². The van der Waals surface area contributed by atoms with Gasteiger partial charge in [-0.3, -0.25) is 0 Å². The minimum Gasteiger partial charge on any atom is -0.379 e. The summed E-state index contributed by atoms with van der Waals surface area (Å²) in [6.07, 6.45) is -4.81. The Morgan fingerprint density at radius 3 is 2.06 bits per heavy atom. The number of nitrogens with one attached hydrogen (secondary N) is 1. The summed E-state index contributed by atoms with van der Waals surface area (Å²) >= 11 is 0. The summed E-state index contributed by atoms with van der Waals surface area (Å²) in [6.45, 7) is -1.03. The van der Waals surface area contributed by atoms with Crippen LogP contribution in [0.2, 0.25) is 0 Å². The van der Waals surface area contributed by atoms with Gasteiger partial charge in [-0.1, -0.05) is 0 Å². The van der Waals surface area contributed by atoms with Crippen LogP contribution >= 0.6 is 0 Å². The fourth-order valence-corrected chi connectivity index (χ4v) is 1.15. The summed E-state index contributed by atoms with van der Waals surface area (Å²) in [6, 6.07) is 1.60. The van der Waals surface area contributed by atoms with Crippen LogP contribution in [0.25, 0.3) is 0 Å². The Kier molecular flexibility index (Phi) is 4.06. The van der Waals surface area contributed by atoms with E-state index in [2.05, 4.69) is 0 Å². The summed E-state index contributed by atoms with van der Waals surface area (Å²) in [5.41, 5.74) is -0.902. The summed E-state index contributed by atoms with van der Waals surface area (Å²) < 4.78 is 75.2. The number of nitrogens with zero attached hydrogens (tertiary/aromatic N) is 1. The molecule has 0 fully saturated rings. The number of halogens is 6. The zero-order valence-corrected chi connectivity index (χ0v) is 8.65. The lowest BCUT2D eigenvalue weighted by Gasteiger charge is -2.15. The molecule has 0 aliphatic rings. The molecular weight excluding hydrogens is 262 g/mol. The highest BCUT2D eigenvalue weighted by atomic mass is 19.4. The van der Waals surface area contributed by atoms with E-state index in [-0.39, 0.29) is 0 Å². The fourth-order valence-electron chi connectivity index (χ4n) is 1.15. The summed E-state index contributed by atoms with van der Waals surface area (Å²) in [4.78, 5) is 0. The molecule has 1 atom stereocenters. The second-order valence-corrected chi connectivity index (χ2v) is 3.35. The van der Waals surface area contributed by atoms with Crippen molar-refractivity contribution in [3.8, 4) is 6.07 Å². The van der Waals surface area contributed by atoms with Crippen molar-refractivity contribution in [2.45, 2.75) is 6.18 Å². The van der Waals surface area contributed by atoms with Gasteiger partial charge in [0, 0.05) is 18.7 Å².